The van der Waals surface area contributed by atoms with Crippen LogP contribution in [0.15, 0.2) is 36.4 Å². The van der Waals surface area contributed by atoms with Crippen LogP contribution in [0.25, 0.3) is 0 Å². The Morgan fingerprint density at radius 1 is 1.12 bits per heavy atom. The summed E-state index contributed by atoms with van der Waals surface area (Å²) in [6.45, 7) is 1.31. The Balaban J connectivity index is 2.11. The van der Waals surface area contributed by atoms with Gasteiger partial charge in [0.2, 0.25) is 0 Å². The number of para-hydroxylation sites is 1. The first kappa shape index (κ1) is 20.0. The Kier molecular flexibility index (Phi) is 6.42. The monoisotopic (exact) mass is 416 g/mol. The molecular weight excluding hydrogens is 407 g/mol. The van der Waals surface area contributed by atoms with Crippen LogP contribution in [0.1, 0.15) is 17.3 Å². The molecule has 0 aliphatic heterocycles. The Morgan fingerprint density at radius 3 is 2.38 bits per heavy atom. The number of nitro groups is 1. The molecule has 0 fully saturated rings. The summed E-state index contributed by atoms with van der Waals surface area (Å²) < 4.78 is 5.00. The average Bonchev–Trinajstić information content (AvgIpc) is 2.59. The predicted octanol–water partition coefficient (Wildman–Crippen LogP) is 4.74. The molecule has 7 nitrogen and oxygen atoms in total. The summed E-state index contributed by atoms with van der Waals surface area (Å²) in [6.07, 6.45) is -1.24. The summed E-state index contributed by atoms with van der Waals surface area (Å²) >= 11 is 17.6. The molecule has 1 unspecified atom stereocenters. The minimum atomic E-state index is -1.24. The van der Waals surface area contributed by atoms with Gasteiger partial charge in [-0.1, -0.05) is 46.9 Å². The molecule has 1 N–H and O–H groups in total. The van der Waals surface area contributed by atoms with Crippen molar-refractivity contribution in [1.29, 1.82) is 0 Å². The first-order valence-electron chi connectivity index (χ1n) is 7.10. The van der Waals surface area contributed by atoms with E-state index in [-0.39, 0.29) is 26.3 Å². The van der Waals surface area contributed by atoms with Gasteiger partial charge in [0.15, 0.2) is 6.10 Å². The van der Waals surface area contributed by atoms with Crippen LogP contribution in [-0.2, 0) is 9.53 Å². The van der Waals surface area contributed by atoms with Gasteiger partial charge in [0, 0.05) is 6.07 Å². The van der Waals surface area contributed by atoms with E-state index in [1.54, 1.807) is 0 Å². The fraction of sp³-hybridized carbons (Fsp3) is 0.125. The fourth-order valence-electron chi connectivity index (χ4n) is 1.94. The highest BCUT2D eigenvalue weighted by Crippen LogP contribution is 2.32. The summed E-state index contributed by atoms with van der Waals surface area (Å²) in [4.78, 5) is 34.6. The van der Waals surface area contributed by atoms with Crippen molar-refractivity contribution < 1.29 is 19.2 Å². The van der Waals surface area contributed by atoms with Gasteiger partial charge in [-0.3, -0.25) is 14.9 Å². The van der Waals surface area contributed by atoms with E-state index < -0.39 is 28.6 Å². The van der Waals surface area contributed by atoms with Gasteiger partial charge >= 0.3 is 5.97 Å². The molecule has 0 saturated heterocycles. The fourth-order valence-corrected chi connectivity index (χ4v) is 2.53. The van der Waals surface area contributed by atoms with Gasteiger partial charge < -0.3 is 10.1 Å². The van der Waals surface area contributed by atoms with Crippen molar-refractivity contribution in [2.75, 3.05) is 5.32 Å². The number of rotatable bonds is 5. The zero-order valence-electron chi connectivity index (χ0n) is 13.2. The normalized spacial score (nSPS) is 11.5. The van der Waals surface area contributed by atoms with Crippen LogP contribution in [0.4, 0.5) is 11.4 Å². The third-order valence-electron chi connectivity index (χ3n) is 3.24. The highest BCUT2D eigenvalue weighted by atomic mass is 35.5. The summed E-state index contributed by atoms with van der Waals surface area (Å²) in [5.41, 5.74) is -0.498. The van der Waals surface area contributed by atoms with Crippen molar-refractivity contribution in [3.8, 4) is 0 Å². The molecule has 0 spiro atoms. The number of nitrogens with zero attached hydrogens (tertiary/aromatic N) is 1. The summed E-state index contributed by atoms with van der Waals surface area (Å²) in [5.74, 6) is -1.70. The standard InChI is InChI=1S/C16H11Cl3N2O5/c1-8(15(22)20-13-7-11(18)10(17)6-12(13)19)26-16(23)9-4-2-3-5-14(9)21(24)25/h2-8H,1H3,(H,20,22). The lowest BCUT2D eigenvalue weighted by atomic mass is 10.2. The second kappa shape index (κ2) is 8.35. The number of halogens is 3. The number of ether oxygens (including phenoxy) is 1. The van der Waals surface area contributed by atoms with Gasteiger partial charge in [-0.2, -0.15) is 0 Å². The van der Waals surface area contributed by atoms with Crippen LogP contribution in [-0.4, -0.2) is 22.9 Å². The number of esters is 1. The van der Waals surface area contributed by atoms with Crippen molar-refractivity contribution in [2.45, 2.75) is 13.0 Å². The van der Waals surface area contributed by atoms with Crippen molar-refractivity contribution in [3.63, 3.8) is 0 Å². The first-order chi connectivity index (χ1) is 12.2. The number of carbonyl (C=O) groups excluding carboxylic acids is 2. The molecule has 0 bridgehead atoms. The predicted molar refractivity (Wildman–Crippen MR) is 98.1 cm³/mol. The molecule has 1 amide bonds. The van der Waals surface area contributed by atoms with Gasteiger partial charge in [0.25, 0.3) is 11.6 Å². The Morgan fingerprint density at radius 2 is 1.73 bits per heavy atom. The topological polar surface area (TPSA) is 98.5 Å². The Labute approximate surface area is 162 Å². The maximum atomic E-state index is 12.2. The molecule has 2 aromatic carbocycles. The molecule has 0 aliphatic rings. The number of benzene rings is 2. The van der Waals surface area contributed by atoms with E-state index >= 15 is 0 Å². The van der Waals surface area contributed by atoms with Crippen LogP contribution in [0.5, 0.6) is 0 Å². The molecule has 136 valence electrons. The molecule has 10 heteroatoms. The highest BCUT2D eigenvalue weighted by Gasteiger charge is 2.25. The SMILES string of the molecule is CC(OC(=O)c1ccccc1[N+](=O)[O-])C(=O)Nc1cc(Cl)c(Cl)cc1Cl. The summed E-state index contributed by atoms with van der Waals surface area (Å²) in [6, 6.07) is 7.96. The van der Waals surface area contributed by atoms with Gasteiger partial charge in [-0.05, 0) is 25.1 Å². The summed E-state index contributed by atoms with van der Waals surface area (Å²) in [5, 5.41) is 13.9. The quantitative estimate of drug-likeness (QED) is 0.328. The zero-order valence-corrected chi connectivity index (χ0v) is 15.4. The van der Waals surface area contributed by atoms with E-state index in [9.17, 15) is 19.7 Å². The van der Waals surface area contributed by atoms with Crippen molar-refractivity contribution in [2.24, 2.45) is 0 Å². The average molecular weight is 418 g/mol. The third kappa shape index (κ3) is 4.63. The smallest absolute Gasteiger partial charge is 0.345 e. The number of nitrogens with one attached hydrogen (secondary N) is 1. The molecule has 0 saturated carbocycles. The number of hydrogen-bond acceptors (Lipinski definition) is 5. The van der Waals surface area contributed by atoms with Crippen LogP contribution < -0.4 is 5.32 Å². The van der Waals surface area contributed by atoms with Gasteiger partial charge in [0.1, 0.15) is 5.56 Å². The maximum Gasteiger partial charge on any atom is 0.345 e. The largest absolute Gasteiger partial charge is 0.449 e. The highest BCUT2D eigenvalue weighted by molar-refractivity contribution is 6.44. The van der Waals surface area contributed by atoms with Crippen LogP contribution in [0.2, 0.25) is 15.1 Å². The lowest BCUT2D eigenvalue weighted by molar-refractivity contribution is -0.385. The maximum absolute atomic E-state index is 12.2. The number of hydrogen-bond donors (Lipinski definition) is 1. The van der Waals surface area contributed by atoms with Gasteiger partial charge in [-0.25, -0.2) is 4.79 Å². The molecule has 0 aliphatic carbocycles. The molecule has 0 radical (unpaired) electrons. The molecule has 2 aromatic rings. The molecule has 1 atom stereocenters. The van der Waals surface area contributed by atoms with E-state index in [4.69, 9.17) is 39.5 Å². The third-order valence-corrected chi connectivity index (χ3v) is 4.28. The van der Waals surface area contributed by atoms with E-state index in [0.717, 1.165) is 6.07 Å². The van der Waals surface area contributed by atoms with E-state index in [0.29, 0.717) is 0 Å². The van der Waals surface area contributed by atoms with E-state index in [2.05, 4.69) is 5.32 Å². The van der Waals surface area contributed by atoms with E-state index in [1.807, 2.05) is 0 Å². The van der Waals surface area contributed by atoms with Gasteiger partial charge in [-0.15, -0.1) is 0 Å². The minimum Gasteiger partial charge on any atom is -0.449 e. The molecule has 26 heavy (non-hydrogen) atoms. The Bertz CT molecular complexity index is 888. The van der Waals surface area contributed by atoms with Crippen molar-refractivity contribution >= 4 is 58.1 Å². The van der Waals surface area contributed by atoms with Crippen molar-refractivity contribution in [1.82, 2.24) is 0 Å². The lowest BCUT2D eigenvalue weighted by Crippen LogP contribution is -2.30. The number of carbonyl (C=O) groups is 2. The van der Waals surface area contributed by atoms with Gasteiger partial charge in [0.05, 0.1) is 25.7 Å². The minimum absolute atomic E-state index is 0.143. The van der Waals surface area contributed by atoms with Crippen LogP contribution >= 0.6 is 34.8 Å². The molecule has 2 rings (SSSR count). The van der Waals surface area contributed by atoms with E-state index in [1.165, 1.54) is 37.3 Å². The number of nitro benzene ring substituents is 1. The van der Waals surface area contributed by atoms with Crippen molar-refractivity contribution in [3.05, 3.63) is 67.1 Å². The molecule has 0 aromatic heterocycles. The second-order valence-electron chi connectivity index (χ2n) is 5.06. The zero-order chi connectivity index (χ0) is 19.4. The molecular formula is C16H11Cl3N2O5. The molecule has 0 heterocycles. The Hall–Kier alpha value is -2.35. The number of anilines is 1. The van der Waals surface area contributed by atoms with Crippen LogP contribution in [0.3, 0.4) is 0 Å². The first-order valence-corrected chi connectivity index (χ1v) is 8.24. The van der Waals surface area contributed by atoms with Crippen LogP contribution in [0, 0.1) is 10.1 Å². The summed E-state index contributed by atoms with van der Waals surface area (Å²) in [7, 11) is 0. The second-order valence-corrected chi connectivity index (χ2v) is 6.28. The number of amides is 1. The lowest BCUT2D eigenvalue weighted by Gasteiger charge is -2.14.